The highest BCUT2D eigenvalue weighted by molar-refractivity contribution is 5.90. The fourth-order valence-corrected chi connectivity index (χ4v) is 2.92. The number of amides is 2. The van der Waals surface area contributed by atoms with Gasteiger partial charge in [0.1, 0.15) is 6.54 Å². The normalized spacial score (nSPS) is 24.0. The van der Waals surface area contributed by atoms with Crippen LogP contribution in [0, 0.1) is 5.92 Å². The van der Waals surface area contributed by atoms with Gasteiger partial charge in [-0.15, -0.1) is 0 Å². The van der Waals surface area contributed by atoms with Crippen LogP contribution in [0.25, 0.3) is 0 Å². The molecule has 0 aromatic heterocycles. The van der Waals surface area contributed by atoms with E-state index >= 15 is 0 Å². The molecule has 2 amide bonds. The molecule has 2 rings (SSSR count). The first-order chi connectivity index (χ1) is 10.1. The Morgan fingerprint density at radius 3 is 2.45 bits per heavy atom. The van der Waals surface area contributed by atoms with Crippen LogP contribution in [0.3, 0.4) is 0 Å². The summed E-state index contributed by atoms with van der Waals surface area (Å²) in [5.41, 5.74) is -0.816. The molecule has 0 radical (unpaired) electrons. The lowest BCUT2D eigenvalue weighted by atomic mass is 9.74. The number of rotatable bonds is 5. The fraction of sp³-hybridized carbons (Fsp3) is 0.769. The van der Waals surface area contributed by atoms with E-state index in [4.69, 9.17) is 5.11 Å². The number of aliphatic carboxylic acids is 1. The summed E-state index contributed by atoms with van der Waals surface area (Å²) in [5, 5.41) is 11.5. The molecule has 1 heterocycles. The number of carboxylic acids is 1. The SMILES string of the molecule is O=C(O)CC1(NC(=O)C2CC(=O)N(CC(F)(F)F)C2)CCC1. The number of nitrogens with one attached hydrogen (secondary N) is 1. The van der Waals surface area contributed by atoms with Crippen molar-refractivity contribution < 1.29 is 32.7 Å². The highest BCUT2D eigenvalue weighted by Gasteiger charge is 2.45. The van der Waals surface area contributed by atoms with E-state index in [1.807, 2.05) is 0 Å². The summed E-state index contributed by atoms with van der Waals surface area (Å²) in [6, 6.07) is 0. The van der Waals surface area contributed by atoms with Gasteiger partial charge in [0.15, 0.2) is 0 Å². The number of nitrogens with zero attached hydrogens (tertiary/aromatic N) is 1. The Morgan fingerprint density at radius 2 is 2.00 bits per heavy atom. The largest absolute Gasteiger partial charge is 0.481 e. The van der Waals surface area contributed by atoms with E-state index in [0.29, 0.717) is 17.7 Å². The molecule has 9 heteroatoms. The number of hydrogen-bond acceptors (Lipinski definition) is 3. The third kappa shape index (κ3) is 3.89. The number of halogens is 3. The van der Waals surface area contributed by atoms with Crippen molar-refractivity contribution >= 4 is 17.8 Å². The van der Waals surface area contributed by atoms with Gasteiger partial charge in [0.2, 0.25) is 11.8 Å². The maximum absolute atomic E-state index is 12.3. The smallest absolute Gasteiger partial charge is 0.406 e. The molecule has 0 spiro atoms. The van der Waals surface area contributed by atoms with Crippen molar-refractivity contribution in [1.82, 2.24) is 10.2 Å². The van der Waals surface area contributed by atoms with Gasteiger partial charge in [-0.2, -0.15) is 13.2 Å². The zero-order chi connectivity index (χ0) is 16.5. The lowest BCUT2D eigenvalue weighted by molar-refractivity contribution is -0.157. The molecule has 22 heavy (non-hydrogen) atoms. The lowest BCUT2D eigenvalue weighted by Crippen LogP contribution is -2.56. The summed E-state index contributed by atoms with van der Waals surface area (Å²) in [6.07, 6.45) is -3.15. The van der Waals surface area contributed by atoms with Crippen LogP contribution in [0.15, 0.2) is 0 Å². The molecule has 124 valence electrons. The van der Waals surface area contributed by atoms with Crippen LogP contribution in [0.5, 0.6) is 0 Å². The van der Waals surface area contributed by atoms with Crippen molar-refractivity contribution in [3.8, 4) is 0 Å². The van der Waals surface area contributed by atoms with Gasteiger partial charge in [-0.1, -0.05) is 0 Å². The number of carbonyl (C=O) groups excluding carboxylic acids is 2. The van der Waals surface area contributed by atoms with Crippen molar-refractivity contribution in [3.63, 3.8) is 0 Å². The van der Waals surface area contributed by atoms with Gasteiger partial charge in [0, 0.05) is 13.0 Å². The average molecular weight is 322 g/mol. The molecule has 2 N–H and O–H groups in total. The Kier molecular flexibility index (Phi) is 4.35. The highest BCUT2D eigenvalue weighted by Crippen LogP contribution is 2.35. The lowest BCUT2D eigenvalue weighted by Gasteiger charge is -2.42. The van der Waals surface area contributed by atoms with Gasteiger partial charge in [-0.3, -0.25) is 14.4 Å². The number of hydrogen-bond donors (Lipinski definition) is 2. The Balaban J connectivity index is 1.93. The van der Waals surface area contributed by atoms with Gasteiger partial charge in [0.25, 0.3) is 0 Å². The van der Waals surface area contributed by atoms with Crippen LogP contribution >= 0.6 is 0 Å². The minimum absolute atomic E-state index is 0.217. The zero-order valence-corrected chi connectivity index (χ0v) is 11.8. The monoisotopic (exact) mass is 322 g/mol. The van der Waals surface area contributed by atoms with Crippen LogP contribution in [0.2, 0.25) is 0 Å². The summed E-state index contributed by atoms with van der Waals surface area (Å²) in [6.45, 7) is -1.65. The minimum atomic E-state index is -4.50. The molecule has 2 fully saturated rings. The first-order valence-electron chi connectivity index (χ1n) is 6.99. The Bertz CT molecular complexity index is 488. The molecule has 1 saturated heterocycles. The number of alkyl halides is 3. The van der Waals surface area contributed by atoms with E-state index in [9.17, 15) is 27.6 Å². The zero-order valence-electron chi connectivity index (χ0n) is 11.8. The summed E-state index contributed by atoms with van der Waals surface area (Å²) in [4.78, 5) is 35.1. The third-order valence-electron chi connectivity index (χ3n) is 4.14. The fourth-order valence-electron chi connectivity index (χ4n) is 2.92. The van der Waals surface area contributed by atoms with Crippen LogP contribution in [0.4, 0.5) is 13.2 Å². The van der Waals surface area contributed by atoms with Crippen molar-refractivity contribution in [3.05, 3.63) is 0 Å². The molecule has 1 aliphatic carbocycles. The summed E-state index contributed by atoms with van der Waals surface area (Å²) >= 11 is 0. The molecule has 2 aliphatic rings. The second kappa shape index (κ2) is 5.77. The molecule has 1 aliphatic heterocycles. The Morgan fingerprint density at radius 1 is 1.36 bits per heavy atom. The van der Waals surface area contributed by atoms with Crippen molar-refractivity contribution in [1.29, 1.82) is 0 Å². The number of carbonyl (C=O) groups is 3. The maximum Gasteiger partial charge on any atom is 0.406 e. The van der Waals surface area contributed by atoms with Crippen LogP contribution in [-0.2, 0) is 14.4 Å². The van der Waals surface area contributed by atoms with Crippen LogP contribution in [-0.4, -0.2) is 52.6 Å². The quantitative estimate of drug-likeness (QED) is 0.788. The summed E-state index contributed by atoms with van der Waals surface area (Å²) in [5.74, 6) is -3.15. The maximum atomic E-state index is 12.3. The van der Waals surface area contributed by atoms with E-state index in [1.165, 1.54) is 0 Å². The first-order valence-corrected chi connectivity index (χ1v) is 6.99. The van der Waals surface area contributed by atoms with E-state index in [1.54, 1.807) is 0 Å². The number of likely N-dealkylation sites (tertiary alicyclic amines) is 1. The molecule has 0 bridgehead atoms. The van der Waals surface area contributed by atoms with Gasteiger partial charge in [-0.25, -0.2) is 0 Å². The van der Waals surface area contributed by atoms with Crippen molar-refractivity contribution in [2.75, 3.05) is 13.1 Å². The molecule has 0 aromatic rings. The highest BCUT2D eigenvalue weighted by atomic mass is 19.4. The van der Waals surface area contributed by atoms with E-state index in [0.717, 1.165) is 6.42 Å². The summed E-state index contributed by atoms with van der Waals surface area (Å²) < 4.78 is 37.0. The minimum Gasteiger partial charge on any atom is -0.481 e. The second-order valence-corrected chi connectivity index (χ2v) is 5.98. The van der Waals surface area contributed by atoms with Gasteiger partial charge in [0.05, 0.1) is 17.9 Å². The predicted octanol–water partition coefficient (Wildman–Crippen LogP) is 0.911. The van der Waals surface area contributed by atoms with E-state index in [2.05, 4.69) is 5.32 Å². The summed E-state index contributed by atoms with van der Waals surface area (Å²) in [7, 11) is 0. The molecule has 6 nitrogen and oxygen atoms in total. The Labute approximate surface area is 124 Å². The second-order valence-electron chi connectivity index (χ2n) is 5.98. The van der Waals surface area contributed by atoms with Gasteiger partial charge >= 0.3 is 12.1 Å². The Hall–Kier alpha value is -1.80. The third-order valence-corrected chi connectivity index (χ3v) is 4.14. The molecule has 0 aromatic carbocycles. The van der Waals surface area contributed by atoms with Gasteiger partial charge in [-0.05, 0) is 19.3 Å². The first kappa shape index (κ1) is 16.6. The molecular weight excluding hydrogens is 305 g/mol. The molecule has 1 saturated carbocycles. The van der Waals surface area contributed by atoms with Crippen LogP contribution in [0.1, 0.15) is 32.1 Å². The van der Waals surface area contributed by atoms with E-state index in [-0.39, 0.29) is 19.4 Å². The topological polar surface area (TPSA) is 86.7 Å². The predicted molar refractivity (Wildman–Crippen MR) is 67.7 cm³/mol. The average Bonchev–Trinajstić information content (AvgIpc) is 2.65. The van der Waals surface area contributed by atoms with Crippen molar-refractivity contribution in [2.24, 2.45) is 5.92 Å². The molecule has 1 unspecified atom stereocenters. The molecular formula is C13H17F3N2O4. The molecule has 1 atom stereocenters. The van der Waals surface area contributed by atoms with Gasteiger partial charge < -0.3 is 15.3 Å². The van der Waals surface area contributed by atoms with Crippen molar-refractivity contribution in [2.45, 2.75) is 43.8 Å². The number of carboxylic acid groups (broad SMARTS) is 1. The van der Waals surface area contributed by atoms with Crippen LogP contribution < -0.4 is 5.32 Å². The standard InChI is InChI=1S/C13H17F3N2O4/c14-13(15,16)7-18-6-8(4-9(18)19)11(22)17-12(2-1-3-12)5-10(20)21/h8H,1-7H2,(H,17,22)(H,20,21). The van der Waals surface area contributed by atoms with E-state index < -0.39 is 42.0 Å².